The molecule has 4 nitrogen and oxygen atoms in total. The van der Waals surface area contributed by atoms with Crippen molar-refractivity contribution in [3.63, 3.8) is 0 Å². The van der Waals surface area contributed by atoms with Gasteiger partial charge in [0.25, 0.3) is 0 Å². The average molecular weight is 285 g/mol. The number of rotatable bonds is 3. The second-order valence-corrected chi connectivity index (χ2v) is 5.60. The van der Waals surface area contributed by atoms with E-state index in [1.807, 2.05) is 35.2 Å². The van der Waals surface area contributed by atoms with E-state index in [9.17, 15) is 15.0 Å². The normalized spacial score (nSPS) is 19.7. The predicted octanol–water partition coefficient (Wildman–Crippen LogP) is 2.98. The van der Waals surface area contributed by atoms with Crippen LogP contribution in [0.25, 0.3) is 10.8 Å². The van der Waals surface area contributed by atoms with Crippen molar-refractivity contribution in [2.75, 3.05) is 6.54 Å². The number of carboxylic acids is 1. The zero-order chi connectivity index (χ0) is 14.8. The summed E-state index contributed by atoms with van der Waals surface area (Å²) in [5.41, 5.74) is 0.821. The van der Waals surface area contributed by atoms with Crippen LogP contribution in [0.5, 0.6) is 5.75 Å². The Morgan fingerprint density at radius 2 is 2.00 bits per heavy atom. The molecule has 2 aromatic rings. The molecule has 0 amide bonds. The van der Waals surface area contributed by atoms with Crippen molar-refractivity contribution in [2.24, 2.45) is 0 Å². The second kappa shape index (κ2) is 5.74. The number of likely N-dealkylation sites (tertiary alicyclic amines) is 1. The van der Waals surface area contributed by atoms with E-state index in [4.69, 9.17) is 0 Å². The van der Waals surface area contributed by atoms with Gasteiger partial charge in [0.05, 0.1) is 0 Å². The highest BCUT2D eigenvalue weighted by molar-refractivity contribution is 5.87. The molecule has 3 rings (SSSR count). The highest BCUT2D eigenvalue weighted by Crippen LogP contribution is 2.30. The first-order chi connectivity index (χ1) is 10.2. The van der Waals surface area contributed by atoms with E-state index in [-0.39, 0.29) is 5.75 Å². The van der Waals surface area contributed by atoms with Crippen molar-refractivity contribution in [3.05, 3.63) is 42.0 Å². The fraction of sp³-hybridized carbons (Fsp3) is 0.353. The third kappa shape index (κ3) is 2.72. The van der Waals surface area contributed by atoms with Crippen molar-refractivity contribution in [1.82, 2.24) is 4.90 Å². The van der Waals surface area contributed by atoms with Gasteiger partial charge in [-0.05, 0) is 36.2 Å². The summed E-state index contributed by atoms with van der Waals surface area (Å²) in [7, 11) is 0. The monoisotopic (exact) mass is 285 g/mol. The lowest BCUT2D eigenvalue weighted by molar-refractivity contribution is -0.144. The van der Waals surface area contributed by atoms with Crippen molar-refractivity contribution < 1.29 is 15.0 Å². The summed E-state index contributed by atoms with van der Waals surface area (Å²) >= 11 is 0. The van der Waals surface area contributed by atoms with Crippen LogP contribution in [0.15, 0.2) is 36.4 Å². The molecule has 21 heavy (non-hydrogen) atoms. The predicted molar refractivity (Wildman–Crippen MR) is 81.3 cm³/mol. The van der Waals surface area contributed by atoms with Gasteiger partial charge in [0.15, 0.2) is 0 Å². The maximum Gasteiger partial charge on any atom is 0.320 e. The molecule has 110 valence electrons. The number of hydrogen-bond donors (Lipinski definition) is 2. The van der Waals surface area contributed by atoms with Gasteiger partial charge in [-0.15, -0.1) is 0 Å². The van der Waals surface area contributed by atoms with Crippen LogP contribution in [-0.2, 0) is 11.3 Å². The lowest BCUT2D eigenvalue weighted by atomic mass is 9.98. The number of carbonyl (C=O) groups is 1. The van der Waals surface area contributed by atoms with Crippen molar-refractivity contribution in [1.29, 1.82) is 0 Å². The Bertz CT molecular complexity index is 668. The van der Waals surface area contributed by atoms with Crippen LogP contribution in [0.4, 0.5) is 0 Å². The Morgan fingerprint density at radius 3 is 2.81 bits per heavy atom. The molecule has 0 spiro atoms. The molecule has 0 aliphatic carbocycles. The Balaban J connectivity index is 1.97. The molecule has 1 heterocycles. The molecule has 1 atom stereocenters. The maximum atomic E-state index is 11.4. The Hall–Kier alpha value is -2.07. The van der Waals surface area contributed by atoms with Gasteiger partial charge >= 0.3 is 5.97 Å². The van der Waals surface area contributed by atoms with Crippen LogP contribution >= 0.6 is 0 Å². The summed E-state index contributed by atoms with van der Waals surface area (Å²) in [4.78, 5) is 13.4. The van der Waals surface area contributed by atoms with Gasteiger partial charge in [0.1, 0.15) is 11.8 Å². The SMILES string of the molecule is O=C(O)C1CCCCN1Cc1c(O)ccc2ccccc12. The second-order valence-electron chi connectivity index (χ2n) is 5.60. The minimum absolute atomic E-state index is 0.239. The van der Waals surface area contributed by atoms with Crippen LogP contribution < -0.4 is 0 Å². The average Bonchev–Trinajstić information content (AvgIpc) is 2.50. The van der Waals surface area contributed by atoms with E-state index < -0.39 is 12.0 Å². The molecule has 1 aliphatic heterocycles. The zero-order valence-electron chi connectivity index (χ0n) is 11.8. The van der Waals surface area contributed by atoms with Gasteiger partial charge in [0.2, 0.25) is 0 Å². The van der Waals surface area contributed by atoms with Crippen molar-refractivity contribution in [3.8, 4) is 5.75 Å². The topological polar surface area (TPSA) is 60.8 Å². The lowest BCUT2D eigenvalue weighted by Gasteiger charge is -2.33. The Morgan fingerprint density at radius 1 is 1.19 bits per heavy atom. The third-order valence-electron chi connectivity index (χ3n) is 4.28. The fourth-order valence-electron chi connectivity index (χ4n) is 3.15. The van der Waals surface area contributed by atoms with Gasteiger partial charge < -0.3 is 10.2 Å². The fourth-order valence-corrected chi connectivity index (χ4v) is 3.15. The number of aliphatic carboxylic acids is 1. The first kappa shape index (κ1) is 13.9. The van der Waals surface area contributed by atoms with E-state index in [1.165, 1.54) is 0 Å². The number of aromatic hydroxyl groups is 1. The van der Waals surface area contributed by atoms with Gasteiger partial charge in [-0.25, -0.2) is 0 Å². The van der Waals surface area contributed by atoms with E-state index in [2.05, 4.69) is 0 Å². The van der Waals surface area contributed by atoms with Gasteiger partial charge in [-0.1, -0.05) is 36.8 Å². The number of carboxylic acid groups (broad SMARTS) is 1. The Kier molecular flexibility index (Phi) is 3.80. The van der Waals surface area contributed by atoms with Crippen molar-refractivity contribution >= 4 is 16.7 Å². The molecule has 1 unspecified atom stereocenters. The molecule has 2 aromatic carbocycles. The van der Waals surface area contributed by atoms with Crippen LogP contribution in [-0.4, -0.2) is 33.7 Å². The highest BCUT2D eigenvalue weighted by Gasteiger charge is 2.29. The summed E-state index contributed by atoms with van der Waals surface area (Å²) in [6.45, 7) is 1.24. The zero-order valence-corrected chi connectivity index (χ0v) is 11.8. The molecule has 1 fully saturated rings. The van der Waals surface area contributed by atoms with E-state index >= 15 is 0 Å². The highest BCUT2D eigenvalue weighted by atomic mass is 16.4. The van der Waals surface area contributed by atoms with Gasteiger partial charge in [-0.2, -0.15) is 0 Å². The minimum Gasteiger partial charge on any atom is -0.508 e. The summed E-state index contributed by atoms with van der Waals surface area (Å²) in [5, 5.41) is 21.6. The molecule has 1 aliphatic rings. The number of nitrogens with zero attached hydrogens (tertiary/aromatic N) is 1. The number of benzene rings is 2. The number of fused-ring (bicyclic) bond motifs is 1. The summed E-state index contributed by atoms with van der Waals surface area (Å²) in [6, 6.07) is 11.0. The number of phenolic OH excluding ortho intramolecular Hbond substituents is 1. The first-order valence-electron chi connectivity index (χ1n) is 7.33. The molecule has 0 radical (unpaired) electrons. The number of piperidine rings is 1. The number of phenols is 1. The summed E-state index contributed by atoms with van der Waals surface area (Å²) < 4.78 is 0. The Labute approximate surface area is 123 Å². The molecule has 1 saturated heterocycles. The molecule has 0 bridgehead atoms. The minimum atomic E-state index is -0.769. The van der Waals surface area contributed by atoms with E-state index in [1.54, 1.807) is 6.07 Å². The molecule has 4 heteroatoms. The van der Waals surface area contributed by atoms with Crippen LogP contribution in [0, 0.1) is 0 Å². The molecule has 0 saturated carbocycles. The van der Waals surface area contributed by atoms with Crippen molar-refractivity contribution in [2.45, 2.75) is 31.8 Å². The summed E-state index contributed by atoms with van der Waals surface area (Å²) in [6.07, 6.45) is 2.64. The first-order valence-corrected chi connectivity index (χ1v) is 7.33. The molecule has 2 N–H and O–H groups in total. The largest absolute Gasteiger partial charge is 0.508 e. The quantitative estimate of drug-likeness (QED) is 0.910. The van der Waals surface area contributed by atoms with Gasteiger partial charge in [0, 0.05) is 12.1 Å². The maximum absolute atomic E-state index is 11.4. The number of hydrogen-bond acceptors (Lipinski definition) is 3. The van der Waals surface area contributed by atoms with Crippen LogP contribution in [0.3, 0.4) is 0 Å². The summed E-state index contributed by atoms with van der Waals surface area (Å²) in [5.74, 6) is -0.530. The smallest absolute Gasteiger partial charge is 0.320 e. The van der Waals surface area contributed by atoms with Crippen LogP contribution in [0.2, 0.25) is 0 Å². The lowest BCUT2D eigenvalue weighted by Crippen LogP contribution is -2.44. The van der Waals surface area contributed by atoms with Gasteiger partial charge in [-0.3, -0.25) is 9.69 Å². The van der Waals surface area contributed by atoms with Crippen LogP contribution in [0.1, 0.15) is 24.8 Å². The molecular formula is C17H19NO3. The third-order valence-corrected chi connectivity index (χ3v) is 4.28. The van der Waals surface area contributed by atoms with E-state index in [0.29, 0.717) is 13.0 Å². The molecular weight excluding hydrogens is 266 g/mol. The standard InChI is InChI=1S/C17H19NO3/c19-16-9-8-12-5-1-2-6-13(12)14(16)11-18-10-4-3-7-15(18)17(20)21/h1-2,5-6,8-9,15,19H,3-4,7,10-11H2,(H,20,21). The van der Waals surface area contributed by atoms with E-state index in [0.717, 1.165) is 35.7 Å². The molecule has 0 aromatic heterocycles.